The lowest BCUT2D eigenvalue weighted by molar-refractivity contribution is -0.125. The molecule has 1 aliphatic rings. The van der Waals surface area contributed by atoms with Crippen molar-refractivity contribution in [3.63, 3.8) is 0 Å². The number of hydrogen-bond donors (Lipinski definition) is 2. The highest BCUT2D eigenvalue weighted by atomic mass is 32.2. The lowest BCUT2D eigenvalue weighted by Gasteiger charge is -2.31. The molecular weight excluding hydrogens is 409 g/mol. The molecule has 1 saturated heterocycles. The quantitative estimate of drug-likeness (QED) is 0.626. The second-order valence-corrected chi connectivity index (χ2v) is 9.24. The maximum atomic E-state index is 13.4. The highest BCUT2D eigenvalue weighted by molar-refractivity contribution is 7.89. The number of rotatable bonds is 6. The number of H-pyrrole nitrogens is 1. The van der Waals surface area contributed by atoms with Gasteiger partial charge in [0.05, 0.1) is 11.0 Å². The van der Waals surface area contributed by atoms with Crippen molar-refractivity contribution in [1.29, 1.82) is 0 Å². The standard InChI is InChI=1S/C21H22FN3O4S/c22-15-3-6-18-19(12-24-20(18)11-15)14-1-4-17(5-2-14)30(27,28)25-9-7-16(8-10-25)29-13-21(23)26/h1-6,11-12,16,24H,7-10,13H2,(H2,23,26). The van der Waals surface area contributed by atoms with Crippen LogP contribution in [0.25, 0.3) is 22.0 Å². The number of nitrogens with one attached hydrogen (secondary N) is 1. The zero-order valence-corrected chi connectivity index (χ0v) is 17.0. The van der Waals surface area contributed by atoms with E-state index >= 15 is 0 Å². The number of sulfonamides is 1. The molecule has 0 aliphatic carbocycles. The minimum absolute atomic E-state index is 0.153. The summed E-state index contributed by atoms with van der Waals surface area (Å²) in [6, 6.07) is 11.2. The third-order valence-electron chi connectivity index (χ3n) is 5.31. The number of fused-ring (bicyclic) bond motifs is 1. The SMILES string of the molecule is NC(=O)COC1CCN(S(=O)(=O)c2ccc(-c3c[nH]c4cc(F)ccc34)cc2)CC1. The molecule has 0 bridgehead atoms. The van der Waals surface area contributed by atoms with E-state index in [-0.39, 0.29) is 23.4 Å². The Kier molecular flexibility index (Phi) is 5.59. The van der Waals surface area contributed by atoms with Gasteiger partial charge in [0.2, 0.25) is 15.9 Å². The Morgan fingerprint density at radius 2 is 1.87 bits per heavy atom. The van der Waals surface area contributed by atoms with Crippen LogP contribution in [0, 0.1) is 5.82 Å². The summed E-state index contributed by atoms with van der Waals surface area (Å²) in [6.45, 7) is 0.488. The van der Waals surface area contributed by atoms with Crippen molar-refractivity contribution < 1.29 is 22.3 Å². The van der Waals surface area contributed by atoms with Crippen molar-refractivity contribution in [2.75, 3.05) is 19.7 Å². The van der Waals surface area contributed by atoms with Crippen molar-refractivity contribution in [1.82, 2.24) is 9.29 Å². The van der Waals surface area contributed by atoms with Gasteiger partial charge in [0, 0.05) is 35.8 Å². The van der Waals surface area contributed by atoms with E-state index in [1.165, 1.54) is 16.4 Å². The molecule has 7 nitrogen and oxygen atoms in total. The molecule has 1 aromatic heterocycles. The first-order valence-electron chi connectivity index (χ1n) is 9.62. The van der Waals surface area contributed by atoms with Gasteiger partial charge < -0.3 is 15.5 Å². The summed E-state index contributed by atoms with van der Waals surface area (Å²) in [7, 11) is -3.62. The van der Waals surface area contributed by atoms with Crippen molar-refractivity contribution in [3.8, 4) is 11.1 Å². The normalized spacial score (nSPS) is 16.2. The van der Waals surface area contributed by atoms with E-state index in [0.717, 1.165) is 16.5 Å². The zero-order chi connectivity index (χ0) is 21.3. The summed E-state index contributed by atoms with van der Waals surface area (Å²) in [5, 5.41) is 0.866. The van der Waals surface area contributed by atoms with Gasteiger partial charge in [-0.15, -0.1) is 0 Å². The van der Waals surface area contributed by atoms with E-state index in [2.05, 4.69) is 4.98 Å². The number of ether oxygens (including phenoxy) is 1. The van der Waals surface area contributed by atoms with E-state index in [4.69, 9.17) is 10.5 Å². The molecule has 4 rings (SSSR count). The number of nitrogens with zero attached hydrogens (tertiary/aromatic N) is 1. The number of halogens is 1. The van der Waals surface area contributed by atoms with Crippen molar-refractivity contribution in [2.45, 2.75) is 23.8 Å². The van der Waals surface area contributed by atoms with Crippen LogP contribution in [0.1, 0.15) is 12.8 Å². The first-order valence-corrected chi connectivity index (χ1v) is 11.1. The number of benzene rings is 2. The summed E-state index contributed by atoms with van der Waals surface area (Å²) in [5.74, 6) is -0.855. The van der Waals surface area contributed by atoms with E-state index in [1.54, 1.807) is 36.5 Å². The predicted octanol–water partition coefficient (Wildman–Crippen LogP) is 2.63. The van der Waals surface area contributed by atoms with Gasteiger partial charge in [-0.1, -0.05) is 12.1 Å². The van der Waals surface area contributed by atoms with Crippen LogP contribution in [-0.2, 0) is 19.6 Å². The fourth-order valence-corrected chi connectivity index (χ4v) is 5.20. The average Bonchev–Trinajstić information content (AvgIpc) is 3.15. The number of amides is 1. The van der Waals surface area contributed by atoms with Crippen molar-refractivity contribution in [2.24, 2.45) is 5.73 Å². The van der Waals surface area contributed by atoms with Gasteiger partial charge in [0.15, 0.2) is 0 Å². The zero-order valence-electron chi connectivity index (χ0n) is 16.2. The van der Waals surface area contributed by atoms with E-state index in [9.17, 15) is 17.6 Å². The largest absolute Gasteiger partial charge is 0.368 e. The van der Waals surface area contributed by atoms with Crippen LogP contribution >= 0.6 is 0 Å². The monoisotopic (exact) mass is 431 g/mol. The van der Waals surface area contributed by atoms with Gasteiger partial charge in [0.1, 0.15) is 12.4 Å². The maximum Gasteiger partial charge on any atom is 0.243 e. The van der Waals surface area contributed by atoms with Crippen molar-refractivity contribution >= 4 is 26.8 Å². The molecule has 0 spiro atoms. The second kappa shape index (κ2) is 8.17. The number of aromatic amines is 1. The number of carbonyl (C=O) groups is 1. The predicted molar refractivity (Wildman–Crippen MR) is 111 cm³/mol. The Morgan fingerprint density at radius 3 is 2.53 bits per heavy atom. The Labute approximate surface area is 173 Å². The third kappa shape index (κ3) is 4.09. The minimum Gasteiger partial charge on any atom is -0.368 e. The summed E-state index contributed by atoms with van der Waals surface area (Å²) < 4.78 is 46.2. The molecule has 0 saturated carbocycles. The molecule has 9 heteroatoms. The van der Waals surface area contributed by atoms with Crippen LogP contribution in [-0.4, -0.2) is 49.4 Å². The number of piperidine rings is 1. The molecule has 1 fully saturated rings. The van der Waals surface area contributed by atoms with Crippen LogP contribution < -0.4 is 5.73 Å². The van der Waals surface area contributed by atoms with Crippen LogP contribution in [0.5, 0.6) is 0 Å². The highest BCUT2D eigenvalue weighted by Crippen LogP contribution is 2.30. The minimum atomic E-state index is -3.62. The van der Waals surface area contributed by atoms with Gasteiger partial charge in [0.25, 0.3) is 0 Å². The fourth-order valence-electron chi connectivity index (χ4n) is 3.73. The van der Waals surface area contributed by atoms with Crippen molar-refractivity contribution in [3.05, 3.63) is 54.5 Å². The number of aromatic nitrogens is 1. The number of primary amides is 1. The summed E-state index contributed by atoms with van der Waals surface area (Å²) >= 11 is 0. The molecule has 2 aromatic carbocycles. The molecular formula is C21H22FN3O4S. The molecule has 158 valence electrons. The Morgan fingerprint density at radius 1 is 1.17 bits per heavy atom. The summed E-state index contributed by atoms with van der Waals surface area (Å²) in [4.78, 5) is 14.1. The topological polar surface area (TPSA) is 105 Å². The Bertz CT molecular complexity index is 1170. The smallest absolute Gasteiger partial charge is 0.243 e. The molecule has 3 N–H and O–H groups in total. The Balaban J connectivity index is 1.49. The molecule has 1 amide bonds. The lowest BCUT2D eigenvalue weighted by Crippen LogP contribution is -2.41. The van der Waals surface area contributed by atoms with Gasteiger partial charge >= 0.3 is 0 Å². The first-order chi connectivity index (χ1) is 14.3. The van der Waals surface area contributed by atoms with Gasteiger partial charge in [-0.25, -0.2) is 12.8 Å². The lowest BCUT2D eigenvalue weighted by atomic mass is 10.1. The molecule has 30 heavy (non-hydrogen) atoms. The second-order valence-electron chi connectivity index (χ2n) is 7.30. The van der Waals surface area contributed by atoms with Gasteiger partial charge in [-0.05, 0) is 48.7 Å². The van der Waals surface area contributed by atoms with Crippen LogP contribution in [0.2, 0.25) is 0 Å². The molecule has 0 unspecified atom stereocenters. The number of hydrogen-bond acceptors (Lipinski definition) is 4. The maximum absolute atomic E-state index is 13.4. The molecule has 1 aliphatic heterocycles. The number of nitrogens with two attached hydrogens (primary N) is 1. The summed E-state index contributed by atoms with van der Waals surface area (Å²) in [6.07, 6.45) is 2.63. The number of carbonyl (C=O) groups excluding carboxylic acids is 1. The molecule has 3 aromatic rings. The fraction of sp³-hybridized carbons (Fsp3) is 0.286. The van der Waals surface area contributed by atoms with Crippen LogP contribution in [0.3, 0.4) is 0 Å². The molecule has 2 heterocycles. The van der Waals surface area contributed by atoms with E-state index in [1.807, 2.05) is 0 Å². The molecule has 0 radical (unpaired) electrons. The highest BCUT2D eigenvalue weighted by Gasteiger charge is 2.30. The van der Waals surface area contributed by atoms with Crippen LogP contribution in [0.15, 0.2) is 53.6 Å². The first kappa shape index (κ1) is 20.5. The van der Waals surface area contributed by atoms with Gasteiger partial charge in [-0.2, -0.15) is 4.31 Å². The Hall–Kier alpha value is -2.75. The van der Waals surface area contributed by atoms with E-state index in [0.29, 0.717) is 31.4 Å². The average molecular weight is 431 g/mol. The van der Waals surface area contributed by atoms with Gasteiger partial charge in [-0.3, -0.25) is 4.79 Å². The summed E-state index contributed by atoms with van der Waals surface area (Å²) in [5.41, 5.74) is 7.48. The molecule has 0 atom stereocenters. The van der Waals surface area contributed by atoms with E-state index < -0.39 is 15.9 Å². The van der Waals surface area contributed by atoms with Crippen LogP contribution in [0.4, 0.5) is 4.39 Å². The third-order valence-corrected chi connectivity index (χ3v) is 7.22.